The van der Waals surface area contributed by atoms with E-state index in [9.17, 15) is 18.4 Å². The first kappa shape index (κ1) is 17.2. The number of benzene rings is 1. The summed E-state index contributed by atoms with van der Waals surface area (Å²) in [7, 11) is 0. The monoisotopic (exact) mass is 326 g/mol. The van der Waals surface area contributed by atoms with Crippen molar-refractivity contribution in [2.75, 3.05) is 26.2 Å². The number of piperazine rings is 1. The highest BCUT2D eigenvalue weighted by atomic mass is 19.1. The number of carbonyl (C=O) groups is 2. The van der Waals surface area contributed by atoms with E-state index in [-0.39, 0.29) is 31.7 Å². The molecule has 0 bridgehead atoms. The lowest BCUT2D eigenvalue weighted by atomic mass is 10.1. The summed E-state index contributed by atoms with van der Waals surface area (Å²) in [5, 5.41) is 0. The summed E-state index contributed by atoms with van der Waals surface area (Å²) in [5.41, 5.74) is -0.884. The summed E-state index contributed by atoms with van der Waals surface area (Å²) in [6.45, 7) is 6.39. The van der Waals surface area contributed by atoms with E-state index in [2.05, 4.69) is 0 Å². The fourth-order valence-electron chi connectivity index (χ4n) is 2.25. The molecule has 0 atom stereocenters. The van der Waals surface area contributed by atoms with Crippen LogP contribution in [-0.4, -0.2) is 53.6 Å². The van der Waals surface area contributed by atoms with Gasteiger partial charge in [-0.1, -0.05) is 0 Å². The summed E-state index contributed by atoms with van der Waals surface area (Å²) < 4.78 is 32.1. The zero-order valence-electron chi connectivity index (χ0n) is 13.4. The Morgan fingerprint density at radius 2 is 1.61 bits per heavy atom. The minimum atomic E-state index is -0.758. The number of hydrogen-bond acceptors (Lipinski definition) is 3. The van der Waals surface area contributed by atoms with Crippen LogP contribution in [0.3, 0.4) is 0 Å². The summed E-state index contributed by atoms with van der Waals surface area (Å²) in [5.74, 6) is -2.00. The summed E-state index contributed by atoms with van der Waals surface area (Å²) in [4.78, 5) is 27.1. The molecule has 1 fully saturated rings. The maximum absolute atomic E-state index is 13.7. The van der Waals surface area contributed by atoms with Crippen molar-refractivity contribution >= 4 is 12.0 Å². The largest absolute Gasteiger partial charge is 0.444 e. The molecule has 1 aromatic carbocycles. The molecule has 0 saturated carbocycles. The van der Waals surface area contributed by atoms with Crippen LogP contribution >= 0.6 is 0 Å². The molecular weight excluding hydrogens is 306 g/mol. The Morgan fingerprint density at radius 1 is 1.04 bits per heavy atom. The maximum atomic E-state index is 13.7. The van der Waals surface area contributed by atoms with E-state index in [0.717, 1.165) is 18.2 Å². The van der Waals surface area contributed by atoms with Gasteiger partial charge in [0.15, 0.2) is 0 Å². The minimum absolute atomic E-state index is 0.244. The Hall–Kier alpha value is -2.18. The van der Waals surface area contributed by atoms with E-state index in [1.807, 2.05) is 0 Å². The number of hydrogen-bond donors (Lipinski definition) is 0. The fraction of sp³-hybridized carbons (Fsp3) is 0.500. The zero-order valence-corrected chi connectivity index (χ0v) is 13.4. The van der Waals surface area contributed by atoms with Crippen LogP contribution in [0.5, 0.6) is 0 Å². The van der Waals surface area contributed by atoms with E-state index in [1.165, 1.54) is 9.80 Å². The van der Waals surface area contributed by atoms with Crippen LogP contribution in [0.4, 0.5) is 13.6 Å². The first-order valence-electron chi connectivity index (χ1n) is 7.39. The first-order chi connectivity index (χ1) is 10.7. The van der Waals surface area contributed by atoms with Crippen molar-refractivity contribution in [2.45, 2.75) is 26.4 Å². The number of halogens is 2. The van der Waals surface area contributed by atoms with Crippen LogP contribution in [-0.2, 0) is 4.74 Å². The number of ether oxygens (including phenoxy) is 1. The Bertz CT molecular complexity index is 606. The van der Waals surface area contributed by atoms with Crippen LogP contribution in [0.15, 0.2) is 18.2 Å². The third-order valence-corrected chi connectivity index (χ3v) is 3.38. The second-order valence-corrected chi connectivity index (χ2v) is 6.38. The highest BCUT2D eigenvalue weighted by Gasteiger charge is 2.29. The van der Waals surface area contributed by atoms with Crippen LogP contribution in [0.1, 0.15) is 31.1 Å². The molecule has 1 aliphatic heterocycles. The SMILES string of the molecule is CC(C)(C)OC(=O)N1CCN(C(=O)c2cc(F)ccc2F)CC1. The Morgan fingerprint density at radius 3 is 2.17 bits per heavy atom. The third kappa shape index (κ3) is 4.40. The molecule has 23 heavy (non-hydrogen) atoms. The van der Waals surface area contributed by atoms with Crippen molar-refractivity contribution in [3.63, 3.8) is 0 Å². The molecule has 1 aromatic rings. The van der Waals surface area contributed by atoms with E-state index < -0.39 is 29.2 Å². The van der Waals surface area contributed by atoms with Gasteiger partial charge in [-0.05, 0) is 39.0 Å². The number of nitrogens with zero attached hydrogens (tertiary/aromatic N) is 2. The smallest absolute Gasteiger partial charge is 0.410 e. The quantitative estimate of drug-likeness (QED) is 0.797. The highest BCUT2D eigenvalue weighted by molar-refractivity contribution is 5.94. The van der Waals surface area contributed by atoms with Gasteiger partial charge in [0.25, 0.3) is 5.91 Å². The van der Waals surface area contributed by atoms with Gasteiger partial charge in [-0.15, -0.1) is 0 Å². The van der Waals surface area contributed by atoms with Gasteiger partial charge < -0.3 is 14.5 Å². The normalized spacial score (nSPS) is 15.5. The van der Waals surface area contributed by atoms with Crippen molar-refractivity contribution in [3.8, 4) is 0 Å². The molecule has 0 unspecified atom stereocenters. The number of carbonyl (C=O) groups excluding carboxylic acids is 2. The molecule has 7 heteroatoms. The van der Waals surface area contributed by atoms with Gasteiger partial charge >= 0.3 is 6.09 Å². The topological polar surface area (TPSA) is 49.9 Å². The predicted octanol–water partition coefficient (Wildman–Crippen LogP) is 2.66. The van der Waals surface area contributed by atoms with Crippen LogP contribution in [0, 0.1) is 11.6 Å². The molecule has 1 aliphatic rings. The molecule has 0 aliphatic carbocycles. The zero-order chi connectivity index (χ0) is 17.2. The number of rotatable bonds is 1. The van der Waals surface area contributed by atoms with Gasteiger partial charge in [0.05, 0.1) is 5.56 Å². The highest BCUT2D eigenvalue weighted by Crippen LogP contribution is 2.16. The number of amides is 2. The molecule has 1 saturated heterocycles. The molecule has 126 valence electrons. The predicted molar refractivity (Wildman–Crippen MR) is 80.1 cm³/mol. The van der Waals surface area contributed by atoms with Gasteiger partial charge in [0.2, 0.25) is 0 Å². The van der Waals surface area contributed by atoms with Gasteiger partial charge in [-0.3, -0.25) is 4.79 Å². The van der Waals surface area contributed by atoms with Crippen molar-refractivity contribution < 1.29 is 23.1 Å². The maximum Gasteiger partial charge on any atom is 0.410 e. The van der Waals surface area contributed by atoms with Gasteiger partial charge in [0, 0.05) is 26.2 Å². The summed E-state index contributed by atoms with van der Waals surface area (Å²) in [6.07, 6.45) is -0.443. The molecule has 0 N–H and O–H groups in total. The third-order valence-electron chi connectivity index (χ3n) is 3.38. The summed E-state index contributed by atoms with van der Waals surface area (Å²) >= 11 is 0. The second-order valence-electron chi connectivity index (χ2n) is 6.38. The molecule has 2 rings (SSSR count). The Labute approximate surface area is 133 Å². The lowest BCUT2D eigenvalue weighted by molar-refractivity contribution is 0.0140. The lowest BCUT2D eigenvalue weighted by Gasteiger charge is -2.35. The fourth-order valence-corrected chi connectivity index (χ4v) is 2.25. The van der Waals surface area contributed by atoms with E-state index in [4.69, 9.17) is 4.74 Å². The molecule has 0 radical (unpaired) electrons. The lowest BCUT2D eigenvalue weighted by Crippen LogP contribution is -2.51. The molecule has 5 nitrogen and oxygen atoms in total. The van der Waals surface area contributed by atoms with Crippen LogP contribution < -0.4 is 0 Å². The standard InChI is InChI=1S/C16H20F2N2O3/c1-16(2,3)23-15(22)20-8-6-19(7-9-20)14(21)12-10-11(17)4-5-13(12)18/h4-5,10H,6-9H2,1-3H3. The Balaban J connectivity index is 1.97. The van der Waals surface area contributed by atoms with Gasteiger partial charge in [0.1, 0.15) is 17.2 Å². The molecular formula is C16H20F2N2O3. The van der Waals surface area contributed by atoms with Gasteiger partial charge in [-0.25, -0.2) is 13.6 Å². The van der Waals surface area contributed by atoms with Crippen LogP contribution in [0.25, 0.3) is 0 Å². The average Bonchev–Trinajstić information content (AvgIpc) is 2.47. The molecule has 0 aromatic heterocycles. The molecule has 0 spiro atoms. The van der Waals surface area contributed by atoms with Crippen molar-refractivity contribution in [3.05, 3.63) is 35.4 Å². The van der Waals surface area contributed by atoms with Gasteiger partial charge in [-0.2, -0.15) is 0 Å². The molecule has 1 heterocycles. The van der Waals surface area contributed by atoms with E-state index in [0.29, 0.717) is 0 Å². The average molecular weight is 326 g/mol. The van der Waals surface area contributed by atoms with Crippen LogP contribution in [0.2, 0.25) is 0 Å². The van der Waals surface area contributed by atoms with Crippen molar-refractivity contribution in [1.82, 2.24) is 9.80 Å². The van der Waals surface area contributed by atoms with Crippen molar-refractivity contribution in [2.24, 2.45) is 0 Å². The van der Waals surface area contributed by atoms with E-state index >= 15 is 0 Å². The Kier molecular flexibility index (Phi) is 4.87. The van der Waals surface area contributed by atoms with Crippen molar-refractivity contribution in [1.29, 1.82) is 0 Å². The first-order valence-corrected chi connectivity index (χ1v) is 7.39. The van der Waals surface area contributed by atoms with E-state index in [1.54, 1.807) is 20.8 Å². The summed E-state index contributed by atoms with van der Waals surface area (Å²) in [6, 6.07) is 2.78. The molecule has 2 amide bonds. The minimum Gasteiger partial charge on any atom is -0.444 e. The second kappa shape index (κ2) is 6.52.